The summed E-state index contributed by atoms with van der Waals surface area (Å²) in [5.74, 6) is 0. The molecular weight excluding hydrogens is 194 g/mol. The van der Waals surface area contributed by atoms with E-state index in [9.17, 15) is 0 Å². The molecule has 0 spiro atoms. The van der Waals surface area contributed by atoms with Gasteiger partial charge >= 0.3 is 0 Å². The largest absolute Gasteiger partial charge is 0.422 e. The lowest BCUT2D eigenvalue weighted by molar-refractivity contribution is -0.671. The van der Waals surface area contributed by atoms with Crippen molar-refractivity contribution < 1.29 is 9.67 Å². The van der Waals surface area contributed by atoms with Crippen molar-refractivity contribution in [2.75, 3.05) is 6.61 Å². The molecule has 0 saturated heterocycles. The second-order valence-corrected chi connectivity index (χ2v) is 2.71. The average molecular weight is 207 g/mol. The van der Waals surface area contributed by atoms with Gasteiger partial charge in [-0.25, -0.2) is 9.13 Å². The smallest absolute Gasteiger partial charge is 0.243 e. The molecule has 1 N–H and O–H groups in total. The minimum Gasteiger partial charge on any atom is -0.422 e. The molecule has 0 aromatic carbocycles. The number of nitriles is 1. The van der Waals surface area contributed by atoms with Gasteiger partial charge < -0.3 is 15.5 Å². The molecule has 6 heteroatoms. The van der Waals surface area contributed by atoms with Crippen LogP contribution in [0.2, 0.25) is 0 Å². The van der Waals surface area contributed by atoms with Crippen molar-refractivity contribution in [3.63, 3.8) is 0 Å². The summed E-state index contributed by atoms with van der Waals surface area (Å²) in [5, 5.41) is 23.4. The van der Waals surface area contributed by atoms with E-state index in [-0.39, 0.29) is 6.61 Å². The topological polar surface area (TPSA) is 87.5 Å². The highest BCUT2D eigenvalue weighted by Crippen LogP contribution is 1.86. The van der Waals surface area contributed by atoms with Crippen molar-refractivity contribution in [2.45, 2.75) is 13.0 Å². The van der Waals surface area contributed by atoms with Crippen molar-refractivity contribution in [1.82, 2.24) is 4.57 Å². The molecule has 0 fully saturated rings. The van der Waals surface area contributed by atoms with Crippen LogP contribution in [0.1, 0.15) is 6.42 Å². The zero-order valence-corrected chi connectivity index (χ0v) is 8.54. The summed E-state index contributed by atoms with van der Waals surface area (Å²) in [4.78, 5) is 2.58. The molecule has 6 nitrogen and oxygen atoms in total. The van der Waals surface area contributed by atoms with Gasteiger partial charge in [0.2, 0.25) is 6.33 Å². The van der Waals surface area contributed by atoms with Gasteiger partial charge in [0.1, 0.15) is 12.4 Å². The minimum absolute atomic E-state index is 0.266. The van der Waals surface area contributed by atoms with Gasteiger partial charge in [0.05, 0.1) is 19.8 Å². The van der Waals surface area contributed by atoms with Crippen LogP contribution in [0.3, 0.4) is 0 Å². The normalized spacial score (nSPS) is 8.07. The van der Waals surface area contributed by atoms with Gasteiger partial charge in [-0.2, -0.15) is 5.26 Å². The lowest BCUT2D eigenvalue weighted by Crippen LogP contribution is -2.23. The summed E-state index contributed by atoms with van der Waals surface area (Å²) >= 11 is 0. The first-order valence-electron chi connectivity index (χ1n) is 4.34. The van der Waals surface area contributed by atoms with Crippen LogP contribution < -0.4 is 4.57 Å². The highest BCUT2D eigenvalue weighted by atomic mass is 16.3. The minimum atomic E-state index is 0.266. The van der Waals surface area contributed by atoms with Crippen molar-refractivity contribution in [1.29, 1.82) is 5.26 Å². The molecule has 0 radical (unpaired) electrons. The summed E-state index contributed by atoms with van der Waals surface area (Å²) in [5.41, 5.74) is 0. The van der Waals surface area contributed by atoms with E-state index in [2.05, 4.69) is 9.56 Å². The number of imidazole rings is 1. The second kappa shape index (κ2) is 8.63. The molecule has 15 heavy (non-hydrogen) atoms. The predicted octanol–water partition coefficient (Wildman–Crippen LogP) is -0.0942. The number of aliphatic imine (C=N–C) groups is 1. The summed E-state index contributed by atoms with van der Waals surface area (Å²) < 4.78 is 4.04. The quantitative estimate of drug-likeness (QED) is 0.426. The van der Waals surface area contributed by atoms with Crippen molar-refractivity contribution >= 4 is 6.01 Å². The molecule has 0 aliphatic heterocycles. The predicted molar refractivity (Wildman–Crippen MR) is 53.7 cm³/mol. The Hall–Kier alpha value is -1.96. The van der Waals surface area contributed by atoms with E-state index in [1.165, 1.54) is 12.2 Å². The molecular formula is C9H13N5O. The molecule has 1 aromatic heterocycles. The molecule has 0 saturated carbocycles. The van der Waals surface area contributed by atoms with E-state index in [0.29, 0.717) is 0 Å². The number of rotatable bonds is 3. The third kappa shape index (κ3) is 7.14. The molecule has 0 aliphatic rings. The Bertz CT molecular complexity index is 359. The summed E-state index contributed by atoms with van der Waals surface area (Å²) in [6.07, 6.45) is 8.08. The molecule has 80 valence electrons. The third-order valence-corrected chi connectivity index (χ3v) is 1.50. The van der Waals surface area contributed by atoms with Gasteiger partial charge in [-0.15, -0.1) is 6.01 Å². The first kappa shape index (κ1) is 13.0. The first-order valence-corrected chi connectivity index (χ1v) is 4.34. The van der Waals surface area contributed by atoms with Gasteiger partial charge in [0.15, 0.2) is 0 Å². The molecule has 0 atom stereocenters. The number of hydrogen-bond acceptors (Lipinski definition) is 3. The number of aliphatic hydroxyl groups is 1. The zero-order chi connectivity index (χ0) is 11.5. The van der Waals surface area contributed by atoms with E-state index in [0.717, 1.165) is 13.0 Å². The number of aliphatic hydroxyl groups excluding tert-OH is 1. The van der Waals surface area contributed by atoms with E-state index < -0.39 is 0 Å². The lowest BCUT2D eigenvalue weighted by Gasteiger charge is -1.90. The fourth-order valence-electron chi connectivity index (χ4n) is 0.910. The fraction of sp³-hybridized carbons (Fsp3) is 0.444. The third-order valence-electron chi connectivity index (χ3n) is 1.50. The molecule has 0 bridgehead atoms. The van der Waals surface area contributed by atoms with Crippen LogP contribution in [0.25, 0.3) is 5.41 Å². The molecule has 0 amide bonds. The van der Waals surface area contributed by atoms with Crippen LogP contribution in [0, 0.1) is 11.5 Å². The second-order valence-electron chi connectivity index (χ2n) is 2.71. The van der Waals surface area contributed by atoms with Crippen LogP contribution in [-0.2, 0) is 13.6 Å². The van der Waals surface area contributed by atoms with Crippen LogP contribution in [-0.4, -0.2) is 22.3 Å². The molecule has 0 aliphatic carbocycles. The Kier molecular flexibility index (Phi) is 7.50. The van der Waals surface area contributed by atoms with Gasteiger partial charge in [-0.1, -0.05) is 0 Å². The standard InChI is InChI=1S/C7H13N2O.C2N3/c1-8-4-5-9(7-8)3-2-6-10;3-1-5-2-4/h4-5,7,10H,2-3,6H2,1H3;/q+1;-1. The van der Waals surface area contributed by atoms with Crippen molar-refractivity contribution in [3.05, 3.63) is 24.1 Å². The molecule has 1 aromatic rings. The Morgan fingerprint density at radius 3 is 2.73 bits per heavy atom. The molecule has 0 unspecified atom stereocenters. The van der Waals surface area contributed by atoms with Gasteiger partial charge in [-0.05, 0) is 0 Å². The van der Waals surface area contributed by atoms with Crippen LogP contribution in [0.4, 0.5) is 0 Å². The number of aromatic nitrogens is 2. The Balaban J connectivity index is 0.000000336. The van der Waals surface area contributed by atoms with E-state index in [1.807, 2.05) is 30.3 Å². The summed E-state index contributed by atoms with van der Waals surface area (Å²) in [6, 6.07) is 1.28. The van der Waals surface area contributed by atoms with Crippen molar-refractivity contribution in [2.24, 2.45) is 12.0 Å². The van der Waals surface area contributed by atoms with E-state index in [4.69, 9.17) is 15.8 Å². The SMILES string of the molecule is C[n+]1ccn(CCCO)c1.N#CN=C=[N-]. The summed E-state index contributed by atoms with van der Waals surface area (Å²) in [7, 11) is 1.98. The number of aryl methyl sites for hydroxylation is 2. The van der Waals surface area contributed by atoms with Crippen LogP contribution >= 0.6 is 0 Å². The molecule has 1 rings (SSSR count). The van der Waals surface area contributed by atoms with Crippen LogP contribution in [0.15, 0.2) is 23.7 Å². The maximum absolute atomic E-state index is 8.51. The monoisotopic (exact) mass is 207 g/mol. The Morgan fingerprint density at radius 1 is 1.67 bits per heavy atom. The van der Waals surface area contributed by atoms with E-state index in [1.54, 1.807) is 0 Å². The highest BCUT2D eigenvalue weighted by molar-refractivity contribution is 5.46. The number of nitrogens with zero attached hydrogens (tertiary/aromatic N) is 5. The Morgan fingerprint density at radius 2 is 2.40 bits per heavy atom. The average Bonchev–Trinajstić information content (AvgIpc) is 2.63. The maximum Gasteiger partial charge on any atom is 0.243 e. The first-order chi connectivity index (χ1) is 7.24. The Labute approximate surface area is 88.2 Å². The number of hydrogen-bond donors (Lipinski definition) is 1. The van der Waals surface area contributed by atoms with Gasteiger partial charge in [0, 0.05) is 13.0 Å². The van der Waals surface area contributed by atoms with E-state index >= 15 is 0 Å². The van der Waals surface area contributed by atoms with Crippen LogP contribution in [0.5, 0.6) is 0 Å². The lowest BCUT2D eigenvalue weighted by atomic mass is 10.4. The van der Waals surface area contributed by atoms with Gasteiger partial charge in [0.25, 0.3) is 0 Å². The summed E-state index contributed by atoms with van der Waals surface area (Å²) in [6.45, 7) is 1.17. The fourth-order valence-corrected chi connectivity index (χ4v) is 0.910. The van der Waals surface area contributed by atoms with Crippen molar-refractivity contribution in [3.8, 4) is 6.19 Å². The zero-order valence-electron chi connectivity index (χ0n) is 8.54. The molecule has 1 heterocycles. The highest BCUT2D eigenvalue weighted by Gasteiger charge is 1.96. The van der Waals surface area contributed by atoms with Gasteiger partial charge in [-0.3, -0.25) is 0 Å². The maximum atomic E-state index is 8.51.